The van der Waals surface area contributed by atoms with Crippen LogP contribution in [0.25, 0.3) is 0 Å². The van der Waals surface area contributed by atoms with Gasteiger partial charge in [-0.15, -0.1) is 0 Å². The van der Waals surface area contributed by atoms with Crippen molar-refractivity contribution in [2.24, 2.45) is 5.73 Å². The molecule has 0 aliphatic heterocycles. The van der Waals surface area contributed by atoms with Crippen molar-refractivity contribution in [1.82, 2.24) is 0 Å². The van der Waals surface area contributed by atoms with Gasteiger partial charge in [-0.25, -0.2) is 0 Å². The normalized spacial score (nSPS) is 21.4. The Hall–Kier alpha value is -0.320. The van der Waals surface area contributed by atoms with E-state index in [1.807, 2.05) is 13.0 Å². The molecular formula is C13H20BrNO2. The van der Waals surface area contributed by atoms with Crippen molar-refractivity contribution in [2.75, 3.05) is 6.61 Å². The summed E-state index contributed by atoms with van der Waals surface area (Å²) in [5.74, 6) is 0.806. The number of hydrogen-bond acceptors (Lipinski definition) is 3. The van der Waals surface area contributed by atoms with Gasteiger partial charge in [0.1, 0.15) is 5.76 Å². The number of hydrogen-bond donors (Lipinski definition) is 1. The average Bonchev–Trinajstić information content (AvgIpc) is 2.76. The second-order valence-electron chi connectivity index (χ2n) is 4.67. The van der Waals surface area contributed by atoms with E-state index in [9.17, 15) is 0 Å². The number of ether oxygens (including phenoxy) is 1. The van der Waals surface area contributed by atoms with E-state index in [-0.39, 0.29) is 11.6 Å². The Kier molecular flexibility index (Phi) is 4.28. The van der Waals surface area contributed by atoms with E-state index < -0.39 is 0 Å². The third kappa shape index (κ3) is 2.59. The largest absolute Gasteiger partial charge is 0.466 e. The SMILES string of the molecule is CCOC1(C(N)c2occc2Br)CCCCC1. The van der Waals surface area contributed by atoms with E-state index in [4.69, 9.17) is 14.9 Å². The smallest absolute Gasteiger partial charge is 0.137 e. The average molecular weight is 302 g/mol. The van der Waals surface area contributed by atoms with Gasteiger partial charge in [0, 0.05) is 6.61 Å². The number of rotatable bonds is 4. The van der Waals surface area contributed by atoms with E-state index in [0.717, 1.165) is 23.1 Å². The van der Waals surface area contributed by atoms with E-state index in [1.54, 1.807) is 6.26 Å². The molecule has 3 nitrogen and oxygen atoms in total. The van der Waals surface area contributed by atoms with E-state index in [1.165, 1.54) is 19.3 Å². The third-order valence-corrected chi connectivity index (χ3v) is 4.28. The first-order valence-electron chi connectivity index (χ1n) is 6.32. The molecule has 17 heavy (non-hydrogen) atoms. The Morgan fingerprint density at radius 2 is 2.18 bits per heavy atom. The van der Waals surface area contributed by atoms with Gasteiger partial charge in [0.25, 0.3) is 0 Å². The Morgan fingerprint density at radius 3 is 2.71 bits per heavy atom. The van der Waals surface area contributed by atoms with Crippen LogP contribution in [0.15, 0.2) is 21.2 Å². The molecule has 2 rings (SSSR count). The van der Waals surface area contributed by atoms with Crippen LogP contribution in [0.4, 0.5) is 0 Å². The summed E-state index contributed by atoms with van der Waals surface area (Å²) in [4.78, 5) is 0. The van der Waals surface area contributed by atoms with Crippen LogP contribution >= 0.6 is 15.9 Å². The molecule has 1 atom stereocenters. The van der Waals surface area contributed by atoms with Crippen LogP contribution in [-0.4, -0.2) is 12.2 Å². The first-order valence-corrected chi connectivity index (χ1v) is 7.11. The lowest BCUT2D eigenvalue weighted by atomic mass is 9.78. The van der Waals surface area contributed by atoms with Gasteiger partial charge in [0.05, 0.1) is 22.4 Å². The Labute approximate surface area is 111 Å². The number of halogens is 1. The number of furan rings is 1. The molecule has 0 bridgehead atoms. The highest BCUT2D eigenvalue weighted by atomic mass is 79.9. The zero-order valence-electron chi connectivity index (χ0n) is 10.2. The Balaban J connectivity index is 2.23. The standard InChI is InChI=1S/C13H20BrNO2/c1-2-17-13(7-4-3-5-8-13)12(15)11-10(14)6-9-16-11/h6,9,12H,2-5,7-8,15H2,1H3. The van der Waals surface area contributed by atoms with E-state index in [0.29, 0.717) is 6.61 Å². The topological polar surface area (TPSA) is 48.4 Å². The fourth-order valence-electron chi connectivity index (χ4n) is 2.75. The van der Waals surface area contributed by atoms with Gasteiger partial charge in [-0.3, -0.25) is 0 Å². The van der Waals surface area contributed by atoms with Crippen LogP contribution in [-0.2, 0) is 4.74 Å². The minimum absolute atomic E-state index is 0.188. The Bertz CT molecular complexity index is 353. The van der Waals surface area contributed by atoms with Crippen molar-refractivity contribution in [1.29, 1.82) is 0 Å². The van der Waals surface area contributed by atoms with Gasteiger partial charge < -0.3 is 14.9 Å². The molecule has 0 radical (unpaired) electrons. The summed E-state index contributed by atoms with van der Waals surface area (Å²) in [5, 5.41) is 0. The van der Waals surface area contributed by atoms with Crippen molar-refractivity contribution >= 4 is 15.9 Å². The predicted octanol–water partition coefficient (Wildman–Crippen LogP) is 3.78. The molecule has 4 heteroatoms. The predicted molar refractivity (Wildman–Crippen MR) is 70.8 cm³/mol. The first-order chi connectivity index (χ1) is 8.19. The molecule has 0 amide bonds. The lowest BCUT2D eigenvalue weighted by Crippen LogP contribution is -2.45. The molecular weight excluding hydrogens is 282 g/mol. The van der Waals surface area contributed by atoms with E-state index >= 15 is 0 Å². The second kappa shape index (κ2) is 5.55. The summed E-state index contributed by atoms with van der Waals surface area (Å²) in [6.07, 6.45) is 7.37. The zero-order valence-corrected chi connectivity index (χ0v) is 11.8. The summed E-state index contributed by atoms with van der Waals surface area (Å²) in [6.45, 7) is 2.73. The van der Waals surface area contributed by atoms with Crippen molar-refractivity contribution in [3.63, 3.8) is 0 Å². The molecule has 1 fully saturated rings. The summed E-state index contributed by atoms with van der Waals surface area (Å²) >= 11 is 3.48. The summed E-state index contributed by atoms with van der Waals surface area (Å²) in [5.41, 5.74) is 6.14. The van der Waals surface area contributed by atoms with Crippen LogP contribution in [0.2, 0.25) is 0 Å². The maximum atomic E-state index is 6.39. The van der Waals surface area contributed by atoms with Crippen molar-refractivity contribution in [3.05, 3.63) is 22.6 Å². The highest BCUT2D eigenvalue weighted by Crippen LogP contribution is 2.42. The summed E-state index contributed by atoms with van der Waals surface area (Å²) in [7, 11) is 0. The molecule has 96 valence electrons. The fraction of sp³-hybridized carbons (Fsp3) is 0.692. The molecule has 2 N–H and O–H groups in total. The summed E-state index contributed by atoms with van der Waals surface area (Å²) < 4.78 is 12.4. The quantitative estimate of drug-likeness (QED) is 0.920. The van der Waals surface area contributed by atoms with Crippen molar-refractivity contribution < 1.29 is 9.15 Å². The molecule has 1 aliphatic carbocycles. The second-order valence-corrected chi connectivity index (χ2v) is 5.52. The van der Waals surface area contributed by atoms with Crippen LogP contribution in [0.1, 0.15) is 50.8 Å². The van der Waals surface area contributed by atoms with Gasteiger partial charge in [-0.1, -0.05) is 19.3 Å². The molecule has 1 unspecified atom stereocenters. The minimum Gasteiger partial charge on any atom is -0.466 e. The molecule has 1 aromatic heterocycles. The molecule has 0 aromatic carbocycles. The van der Waals surface area contributed by atoms with Crippen LogP contribution < -0.4 is 5.73 Å². The molecule has 1 aromatic rings. The van der Waals surface area contributed by atoms with Gasteiger partial charge in [0.2, 0.25) is 0 Å². The zero-order chi connectivity index (χ0) is 12.3. The van der Waals surface area contributed by atoms with Crippen molar-refractivity contribution in [3.8, 4) is 0 Å². The van der Waals surface area contributed by atoms with Gasteiger partial charge in [-0.2, -0.15) is 0 Å². The highest BCUT2D eigenvalue weighted by molar-refractivity contribution is 9.10. The van der Waals surface area contributed by atoms with E-state index in [2.05, 4.69) is 15.9 Å². The molecule has 1 heterocycles. The van der Waals surface area contributed by atoms with Crippen LogP contribution in [0.5, 0.6) is 0 Å². The third-order valence-electron chi connectivity index (χ3n) is 3.63. The van der Waals surface area contributed by atoms with Gasteiger partial charge >= 0.3 is 0 Å². The monoisotopic (exact) mass is 301 g/mol. The van der Waals surface area contributed by atoms with Gasteiger partial charge in [0.15, 0.2) is 0 Å². The summed E-state index contributed by atoms with van der Waals surface area (Å²) in [6, 6.07) is 1.70. The number of nitrogens with two attached hydrogens (primary N) is 1. The lowest BCUT2D eigenvalue weighted by molar-refractivity contribution is -0.0868. The molecule has 0 saturated heterocycles. The maximum absolute atomic E-state index is 6.39. The molecule has 1 aliphatic rings. The first kappa shape index (κ1) is 13.1. The highest BCUT2D eigenvalue weighted by Gasteiger charge is 2.41. The molecule has 1 saturated carbocycles. The minimum atomic E-state index is -0.243. The fourth-order valence-corrected chi connectivity index (χ4v) is 3.20. The lowest BCUT2D eigenvalue weighted by Gasteiger charge is -2.40. The van der Waals surface area contributed by atoms with Crippen molar-refractivity contribution in [2.45, 2.75) is 50.7 Å². The van der Waals surface area contributed by atoms with Gasteiger partial charge in [-0.05, 0) is 41.8 Å². The Morgan fingerprint density at radius 1 is 1.47 bits per heavy atom. The van der Waals surface area contributed by atoms with Crippen LogP contribution in [0.3, 0.4) is 0 Å². The maximum Gasteiger partial charge on any atom is 0.137 e. The molecule has 0 spiro atoms. The van der Waals surface area contributed by atoms with Crippen LogP contribution in [0, 0.1) is 0 Å².